The first-order chi connectivity index (χ1) is 11.9. The van der Waals surface area contributed by atoms with E-state index in [1.165, 1.54) is 12.1 Å². The lowest BCUT2D eigenvalue weighted by Gasteiger charge is -2.36. The predicted octanol–water partition coefficient (Wildman–Crippen LogP) is 2.51. The van der Waals surface area contributed by atoms with E-state index in [0.717, 1.165) is 25.2 Å². The van der Waals surface area contributed by atoms with Crippen LogP contribution in [0.1, 0.15) is 33.6 Å². The summed E-state index contributed by atoms with van der Waals surface area (Å²) in [6, 6.07) is 6.60. The lowest BCUT2D eigenvalue weighted by Crippen LogP contribution is -2.49. The van der Waals surface area contributed by atoms with Crippen molar-refractivity contribution in [1.82, 2.24) is 9.80 Å². The van der Waals surface area contributed by atoms with Gasteiger partial charge in [-0.15, -0.1) is 0 Å². The minimum atomic E-state index is -0.242. The first-order valence-corrected chi connectivity index (χ1v) is 8.98. The standard InChI is InChI=1S/C19H28FN3O2/c1-4-15(2)23(16(3)24)10-9-19(25)22-13-11-21(12-14-22)18-7-5-17(20)6-8-18/h5-8,15H,4,9-14H2,1-3H3. The summed E-state index contributed by atoms with van der Waals surface area (Å²) in [4.78, 5) is 30.0. The van der Waals surface area contributed by atoms with Crippen molar-refractivity contribution in [1.29, 1.82) is 0 Å². The number of carbonyl (C=O) groups is 2. The van der Waals surface area contributed by atoms with E-state index in [9.17, 15) is 14.0 Å². The van der Waals surface area contributed by atoms with Crippen molar-refractivity contribution < 1.29 is 14.0 Å². The molecular weight excluding hydrogens is 321 g/mol. The number of nitrogens with zero attached hydrogens (tertiary/aromatic N) is 3. The van der Waals surface area contributed by atoms with E-state index < -0.39 is 0 Å². The van der Waals surface area contributed by atoms with Crippen LogP contribution in [0.15, 0.2) is 24.3 Å². The summed E-state index contributed by atoms with van der Waals surface area (Å²) < 4.78 is 13.0. The van der Waals surface area contributed by atoms with Gasteiger partial charge >= 0.3 is 0 Å². The molecule has 2 amide bonds. The minimum absolute atomic E-state index is 0.0169. The van der Waals surface area contributed by atoms with Crippen molar-refractivity contribution in [2.45, 2.75) is 39.7 Å². The van der Waals surface area contributed by atoms with E-state index in [1.807, 2.05) is 18.7 Å². The van der Waals surface area contributed by atoms with Gasteiger partial charge in [0, 0.05) is 57.8 Å². The molecule has 1 aromatic rings. The maximum absolute atomic E-state index is 13.0. The van der Waals surface area contributed by atoms with Crippen LogP contribution >= 0.6 is 0 Å². The lowest BCUT2D eigenvalue weighted by molar-refractivity contribution is -0.134. The molecule has 1 aliphatic rings. The molecule has 0 spiro atoms. The largest absolute Gasteiger partial charge is 0.368 e. The molecule has 1 aromatic carbocycles. The molecule has 25 heavy (non-hydrogen) atoms. The summed E-state index contributed by atoms with van der Waals surface area (Å²) in [5.41, 5.74) is 0.980. The Balaban J connectivity index is 1.82. The molecule has 1 unspecified atom stereocenters. The molecular formula is C19H28FN3O2. The summed E-state index contributed by atoms with van der Waals surface area (Å²) in [7, 11) is 0. The molecule has 1 aliphatic heterocycles. The van der Waals surface area contributed by atoms with Crippen molar-refractivity contribution in [2.24, 2.45) is 0 Å². The molecule has 1 heterocycles. The van der Waals surface area contributed by atoms with E-state index in [4.69, 9.17) is 0 Å². The molecule has 0 aliphatic carbocycles. The summed E-state index contributed by atoms with van der Waals surface area (Å²) in [5.74, 6) is -0.134. The SMILES string of the molecule is CCC(C)N(CCC(=O)N1CCN(c2ccc(F)cc2)CC1)C(C)=O. The second-order valence-electron chi connectivity index (χ2n) is 6.56. The lowest BCUT2D eigenvalue weighted by atomic mass is 10.2. The van der Waals surface area contributed by atoms with Crippen LogP contribution in [-0.2, 0) is 9.59 Å². The van der Waals surface area contributed by atoms with Crippen molar-refractivity contribution in [2.75, 3.05) is 37.6 Å². The van der Waals surface area contributed by atoms with Crippen molar-refractivity contribution in [3.05, 3.63) is 30.1 Å². The zero-order valence-corrected chi connectivity index (χ0v) is 15.4. The van der Waals surface area contributed by atoms with Gasteiger partial charge in [0.05, 0.1) is 0 Å². The summed E-state index contributed by atoms with van der Waals surface area (Å²) in [5, 5.41) is 0. The summed E-state index contributed by atoms with van der Waals surface area (Å²) in [6.45, 7) is 8.85. The van der Waals surface area contributed by atoms with Crippen LogP contribution in [0.2, 0.25) is 0 Å². The number of rotatable bonds is 6. The summed E-state index contributed by atoms with van der Waals surface area (Å²) in [6.07, 6.45) is 1.24. The van der Waals surface area contributed by atoms with Gasteiger partial charge < -0.3 is 14.7 Å². The quantitative estimate of drug-likeness (QED) is 0.793. The molecule has 2 rings (SSSR count). The van der Waals surface area contributed by atoms with Gasteiger partial charge in [0.1, 0.15) is 5.82 Å². The van der Waals surface area contributed by atoms with Crippen LogP contribution in [-0.4, -0.2) is 60.4 Å². The van der Waals surface area contributed by atoms with Gasteiger partial charge in [0.2, 0.25) is 11.8 Å². The van der Waals surface area contributed by atoms with Crippen LogP contribution < -0.4 is 4.90 Å². The number of anilines is 1. The number of halogens is 1. The smallest absolute Gasteiger partial charge is 0.224 e. The molecule has 6 heteroatoms. The maximum atomic E-state index is 13.0. The minimum Gasteiger partial charge on any atom is -0.368 e. The molecule has 1 fully saturated rings. The Bertz CT molecular complexity index is 583. The van der Waals surface area contributed by atoms with Gasteiger partial charge in [-0.25, -0.2) is 4.39 Å². The van der Waals surface area contributed by atoms with E-state index in [-0.39, 0.29) is 23.7 Å². The number of benzene rings is 1. The Morgan fingerprint density at radius 3 is 2.28 bits per heavy atom. The molecule has 138 valence electrons. The molecule has 0 bridgehead atoms. The Morgan fingerprint density at radius 2 is 1.76 bits per heavy atom. The third-order valence-corrected chi connectivity index (χ3v) is 4.92. The second kappa shape index (κ2) is 8.83. The zero-order chi connectivity index (χ0) is 18.4. The van der Waals surface area contributed by atoms with Crippen LogP contribution in [0.5, 0.6) is 0 Å². The normalized spacial score (nSPS) is 15.8. The number of hydrogen-bond acceptors (Lipinski definition) is 3. The van der Waals surface area contributed by atoms with Crippen molar-refractivity contribution in [3.8, 4) is 0 Å². The Kier molecular flexibility index (Phi) is 6.79. The van der Waals surface area contributed by atoms with Gasteiger partial charge in [-0.3, -0.25) is 9.59 Å². The van der Waals surface area contributed by atoms with E-state index >= 15 is 0 Å². The molecule has 0 N–H and O–H groups in total. The highest BCUT2D eigenvalue weighted by Crippen LogP contribution is 2.17. The van der Waals surface area contributed by atoms with Crippen molar-refractivity contribution >= 4 is 17.5 Å². The van der Waals surface area contributed by atoms with Gasteiger partial charge in [-0.1, -0.05) is 6.92 Å². The van der Waals surface area contributed by atoms with Crippen molar-refractivity contribution in [3.63, 3.8) is 0 Å². The molecule has 0 radical (unpaired) electrons. The average molecular weight is 349 g/mol. The monoisotopic (exact) mass is 349 g/mol. The van der Waals surface area contributed by atoms with Gasteiger partial charge in [-0.2, -0.15) is 0 Å². The molecule has 1 saturated heterocycles. The molecule has 0 aromatic heterocycles. The highest BCUT2D eigenvalue weighted by molar-refractivity contribution is 5.78. The fraction of sp³-hybridized carbons (Fsp3) is 0.579. The van der Waals surface area contributed by atoms with Gasteiger partial charge in [0.25, 0.3) is 0 Å². The van der Waals surface area contributed by atoms with Crippen LogP contribution in [0, 0.1) is 5.82 Å². The van der Waals surface area contributed by atoms with Crippen LogP contribution in [0.25, 0.3) is 0 Å². The van der Waals surface area contributed by atoms with Gasteiger partial charge in [0.15, 0.2) is 0 Å². The number of amides is 2. The number of hydrogen-bond donors (Lipinski definition) is 0. The Hall–Kier alpha value is -2.11. The average Bonchev–Trinajstić information content (AvgIpc) is 2.62. The first kappa shape index (κ1) is 19.2. The number of piperazine rings is 1. The third kappa shape index (κ3) is 5.18. The molecule has 1 atom stereocenters. The fourth-order valence-corrected chi connectivity index (χ4v) is 3.15. The van der Waals surface area contributed by atoms with Gasteiger partial charge in [-0.05, 0) is 37.6 Å². The summed E-state index contributed by atoms with van der Waals surface area (Å²) >= 11 is 0. The topological polar surface area (TPSA) is 43.9 Å². The Labute approximate surface area is 149 Å². The fourth-order valence-electron chi connectivity index (χ4n) is 3.15. The Morgan fingerprint density at radius 1 is 1.16 bits per heavy atom. The van der Waals surface area contributed by atoms with Crippen LogP contribution in [0.4, 0.5) is 10.1 Å². The maximum Gasteiger partial charge on any atom is 0.224 e. The van der Waals surface area contributed by atoms with Crippen LogP contribution in [0.3, 0.4) is 0 Å². The first-order valence-electron chi connectivity index (χ1n) is 8.98. The molecule has 5 nitrogen and oxygen atoms in total. The second-order valence-corrected chi connectivity index (χ2v) is 6.56. The van der Waals surface area contributed by atoms with E-state index in [1.54, 1.807) is 24.0 Å². The highest BCUT2D eigenvalue weighted by Gasteiger charge is 2.23. The number of carbonyl (C=O) groups excluding carboxylic acids is 2. The van der Waals surface area contributed by atoms with E-state index in [2.05, 4.69) is 4.90 Å². The molecule has 0 saturated carbocycles. The third-order valence-electron chi connectivity index (χ3n) is 4.92. The predicted molar refractivity (Wildman–Crippen MR) is 97.0 cm³/mol. The van der Waals surface area contributed by atoms with E-state index in [0.29, 0.717) is 26.1 Å². The highest BCUT2D eigenvalue weighted by atomic mass is 19.1. The zero-order valence-electron chi connectivity index (χ0n) is 15.4.